The molecule has 1 aliphatic rings. The highest BCUT2D eigenvalue weighted by atomic mass is 35.5. The van der Waals surface area contributed by atoms with Crippen LogP contribution in [0.1, 0.15) is 29.7 Å². The minimum absolute atomic E-state index is 0.0558. The van der Waals surface area contributed by atoms with E-state index in [4.69, 9.17) is 33.7 Å². The van der Waals surface area contributed by atoms with Gasteiger partial charge in [0.25, 0.3) is 0 Å². The number of nitrogens with one attached hydrogen (secondary N) is 1. The Balaban J connectivity index is 2.24. The molecule has 1 aromatic carbocycles. The summed E-state index contributed by atoms with van der Waals surface area (Å²) in [5, 5.41) is 17.4. The molecule has 0 aliphatic carbocycles. The number of nitrogens with two attached hydrogens (primary N) is 1. The normalized spacial score (nSPS) is 16.9. The summed E-state index contributed by atoms with van der Waals surface area (Å²) in [6.45, 7) is 1.99. The zero-order valence-electron chi connectivity index (χ0n) is 11.7. The quantitative estimate of drug-likeness (QED) is 0.879. The van der Waals surface area contributed by atoms with Crippen molar-refractivity contribution in [2.45, 2.75) is 19.3 Å². The first kappa shape index (κ1) is 14.8. The second kappa shape index (κ2) is 5.56. The fourth-order valence-corrected chi connectivity index (χ4v) is 2.91. The molecular formula is C15H12Cl2N4O. The van der Waals surface area contributed by atoms with Gasteiger partial charge in [0.05, 0.1) is 16.0 Å². The van der Waals surface area contributed by atoms with Gasteiger partial charge in [0, 0.05) is 11.3 Å². The molecule has 1 aromatic heterocycles. The van der Waals surface area contributed by atoms with E-state index in [1.807, 2.05) is 13.0 Å². The lowest BCUT2D eigenvalue weighted by Crippen LogP contribution is -2.21. The van der Waals surface area contributed by atoms with E-state index in [9.17, 15) is 5.26 Å². The van der Waals surface area contributed by atoms with Crippen molar-refractivity contribution in [3.63, 3.8) is 0 Å². The number of halogens is 2. The van der Waals surface area contributed by atoms with Crippen LogP contribution in [0, 0.1) is 11.3 Å². The number of aromatic amines is 1. The van der Waals surface area contributed by atoms with E-state index in [-0.39, 0.29) is 11.8 Å². The molecule has 2 aromatic rings. The standard InChI is InChI=1S/C15H12Cl2N4O/c1-2-11-13-12(7-3-4-9(16)10(17)5-7)8(6-18)14(19)22-15(13)21-20-11/h3-5,12H,2,19H2,1H3,(H,20,21)/t12-/m0/s1. The number of rotatable bonds is 2. The molecule has 2 heterocycles. The number of allylic oxidation sites excluding steroid dienone is 1. The number of benzene rings is 1. The lowest BCUT2D eigenvalue weighted by molar-refractivity contribution is 0.378. The van der Waals surface area contributed by atoms with Gasteiger partial charge in [-0.05, 0) is 24.1 Å². The van der Waals surface area contributed by atoms with Gasteiger partial charge in [0.15, 0.2) is 0 Å². The van der Waals surface area contributed by atoms with Crippen molar-refractivity contribution >= 4 is 23.2 Å². The summed E-state index contributed by atoms with van der Waals surface area (Å²) in [6, 6.07) is 7.39. The van der Waals surface area contributed by atoms with Crippen LogP contribution in [0.3, 0.4) is 0 Å². The van der Waals surface area contributed by atoms with Crippen molar-refractivity contribution in [1.82, 2.24) is 10.2 Å². The van der Waals surface area contributed by atoms with Gasteiger partial charge in [-0.3, -0.25) is 5.10 Å². The maximum absolute atomic E-state index is 9.49. The van der Waals surface area contributed by atoms with Crippen molar-refractivity contribution in [3.8, 4) is 11.9 Å². The van der Waals surface area contributed by atoms with Crippen LogP contribution in [0.25, 0.3) is 0 Å². The number of H-pyrrole nitrogens is 1. The van der Waals surface area contributed by atoms with E-state index in [1.165, 1.54) is 0 Å². The molecule has 3 rings (SSSR count). The van der Waals surface area contributed by atoms with Gasteiger partial charge in [-0.15, -0.1) is 5.10 Å². The third kappa shape index (κ3) is 2.21. The Morgan fingerprint density at radius 2 is 2.18 bits per heavy atom. The number of nitrogens with zero attached hydrogens (tertiary/aromatic N) is 2. The van der Waals surface area contributed by atoms with Gasteiger partial charge in [0.2, 0.25) is 11.8 Å². The SMILES string of the molecule is CCc1[nH]nc2c1[C@@H](c1ccc(Cl)c(Cl)c1)C(C#N)=C(N)O2. The third-order valence-electron chi connectivity index (χ3n) is 3.65. The molecule has 0 unspecified atom stereocenters. The Morgan fingerprint density at radius 3 is 2.82 bits per heavy atom. The summed E-state index contributed by atoms with van der Waals surface area (Å²) in [4.78, 5) is 0. The van der Waals surface area contributed by atoms with E-state index in [0.717, 1.165) is 23.2 Å². The Kier molecular flexibility index (Phi) is 3.73. The maximum atomic E-state index is 9.49. The van der Waals surface area contributed by atoms with E-state index < -0.39 is 0 Å². The molecule has 0 radical (unpaired) electrons. The first-order valence-electron chi connectivity index (χ1n) is 6.66. The Hall–Kier alpha value is -2.16. The first-order valence-corrected chi connectivity index (χ1v) is 7.42. The zero-order valence-corrected chi connectivity index (χ0v) is 13.2. The second-order valence-electron chi connectivity index (χ2n) is 4.87. The fraction of sp³-hybridized carbons (Fsp3) is 0.200. The highest BCUT2D eigenvalue weighted by Gasteiger charge is 2.34. The van der Waals surface area contributed by atoms with Crippen LogP contribution in [0.5, 0.6) is 5.88 Å². The van der Waals surface area contributed by atoms with Crippen molar-refractivity contribution < 1.29 is 4.74 Å². The summed E-state index contributed by atoms with van der Waals surface area (Å²) < 4.78 is 5.46. The van der Waals surface area contributed by atoms with Crippen molar-refractivity contribution in [3.05, 3.63) is 56.5 Å². The van der Waals surface area contributed by atoms with Crippen LogP contribution in [0.15, 0.2) is 29.7 Å². The summed E-state index contributed by atoms with van der Waals surface area (Å²) in [5.74, 6) is 0.0712. The number of aryl methyl sites for hydroxylation is 1. The van der Waals surface area contributed by atoms with Crippen molar-refractivity contribution in [2.24, 2.45) is 5.73 Å². The predicted molar refractivity (Wildman–Crippen MR) is 83.7 cm³/mol. The predicted octanol–water partition coefficient (Wildman–Crippen LogP) is 3.50. The molecule has 22 heavy (non-hydrogen) atoms. The van der Waals surface area contributed by atoms with Gasteiger partial charge in [0.1, 0.15) is 11.6 Å². The molecular weight excluding hydrogens is 323 g/mol. The average Bonchev–Trinajstić information content (AvgIpc) is 2.91. The van der Waals surface area contributed by atoms with E-state index >= 15 is 0 Å². The van der Waals surface area contributed by atoms with Crippen molar-refractivity contribution in [2.75, 3.05) is 0 Å². The van der Waals surface area contributed by atoms with E-state index in [1.54, 1.807) is 12.1 Å². The molecule has 7 heteroatoms. The van der Waals surface area contributed by atoms with Crippen LogP contribution in [0.4, 0.5) is 0 Å². The molecule has 0 saturated heterocycles. The van der Waals surface area contributed by atoms with Crippen LogP contribution < -0.4 is 10.5 Å². The second-order valence-corrected chi connectivity index (χ2v) is 5.69. The summed E-state index contributed by atoms with van der Waals surface area (Å²) >= 11 is 12.1. The molecule has 0 bridgehead atoms. The summed E-state index contributed by atoms with van der Waals surface area (Å²) in [7, 11) is 0. The Morgan fingerprint density at radius 1 is 1.41 bits per heavy atom. The number of aromatic nitrogens is 2. The topological polar surface area (TPSA) is 87.7 Å². The van der Waals surface area contributed by atoms with Gasteiger partial charge >= 0.3 is 0 Å². The van der Waals surface area contributed by atoms with Crippen molar-refractivity contribution in [1.29, 1.82) is 5.26 Å². The van der Waals surface area contributed by atoms with E-state index in [0.29, 0.717) is 21.5 Å². The zero-order chi connectivity index (χ0) is 15.9. The number of hydrogen-bond donors (Lipinski definition) is 2. The molecule has 1 atom stereocenters. The molecule has 0 fully saturated rings. The van der Waals surface area contributed by atoms with Crippen LogP contribution in [0.2, 0.25) is 10.0 Å². The summed E-state index contributed by atoms with van der Waals surface area (Å²) in [5.41, 5.74) is 8.73. The minimum atomic E-state index is -0.378. The number of ether oxygens (including phenoxy) is 1. The molecule has 3 N–H and O–H groups in total. The summed E-state index contributed by atoms with van der Waals surface area (Å²) in [6.07, 6.45) is 0.724. The smallest absolute Gasteiger partial charge is 0.244 e. The third-order valence-corrected chi connectivity index (χ3v) is 4.39. The molecule has 0 saturated carbocycles. The Bertz CT molecular complexity index is 819. The highest BCUT2D eigenvalue weighted by Crippen LogP contribution is 2.43. The van der Waals surface area contributed by atoms with Crippen LogP contribution >= 0.6 is 23.2 Å². The first-order chi connectivity index (χ1) is 10.6. The van der Waals surface area contributed by atoms with Gasteiger partial charge in [-0.25, -0.2) is 0 Å². The average molecular weight is 335 g/mol. The molecule has 112 valence electrons. The lowest BCUT2D eigenvalue weighted by Gasteiger charge is -2.24. The fourth-order valence-electron chi connectivity index (χ4n) is 2.60. The number of fused-ring (bicyclic) bond motifs is 1. The van der Waals surface area contributed by atoms with Gasteiger partial charge in [-0.1, -0.05) is 36.2 Å². The van der Waals surface area contributed by atoms with Gasteiger partial charge < -0.3 is 10.5 Å². The minimum Gasteiger partial charge on any atom is -0.420 e. The lowest BCUT2D eigenvalue weighted by atomic mass is 9.84. The molecule has 0 spiro atoms. The van der Waals surface area contributed by atoms with Crippen LogP contribution in [-0.4, -0.2) is 10.2 Å². The molecule has 0 amide bonds. The monoisotopic (exact) mass is 334 g/mol. The van der Waals surface area contributed by atoms with E-state index in [2.05, 4.69) is 16.3 Å². The number of nitriles is 1. The number of hydrogen-bond acceptors (Lipinski definition) is 4. The largest absolute Gasteiger partial charge is 0.420 e. The highest BCUT2D eigenvalue weighted by molar-refractivity contribution is 6.42. The molecule has 5 nitrogen and oxygen atoms in total. The Labute approximate surface area is 137 Å². The molecule has 1 aliphatic heterocycles. The van der Waals surface area contributed by atoms with Gasteiger partial charge in [-0.2, -0.15) is 5.26 Å². The van der Waals surface area contributed by atoms with Crippen LogP contribution in [-0.2, 0) is 6.42 Å². The maximum Gasteiger partial charge on any atom is 0.244 e.